The Bertz CT molecular complexity index is 741. The van der Waals surface area contributed by atoms with E-state index in [-0.39, 0.29) is 25.0 Å². The number of amides is 1. The molecule has 4 rings (SSSR count). The average molecular weight is 348 g/mol. The number of carboxylic acids is 1. The minimum Gasteiger partial charge on any atom is -0.488 e. The van der Waals surface area contributed by atoms with Crippen molar-refractivity contribution in [2.45, 2.75) is 12.8 Å². The summed E-state index contributed by atoms with van der Waals surface area (Å²) in [5.41, 5.74) is 1.33. The highest BCUT2D eigenvalue weighted by molar-refractivity contribution is 6.30. The molecule has 1 aromatic rings. The summed E-state index contributed by atoms with van der Waals surface area (Å²) in [7, 11) is 0. The second kappa shape index (κ2) is 5.81. The van der Waals surface area contributed by atoms with Crippen molar-refractivity contribution in [3.8, 4) is 5.75 Å². The molecular formula is C18H18ClNO4. The van der Waals surface area contributed by atoms with Gasteiger partial charge in [-0.05, 0) is 49.0 Å². The van der Waals surface area contributed by atoms with Gasteiger partial charge in [-0.15, -0.1) is 0 Å². The number of rotatable bonds is 3. The van der Waals surface area contributed by atoms with Gasteiger partial charge in [0.25, 0.3) is 5.91 Å². The van der Waals surface area contributed by atoms with Crippen molar-refractivity contribution in [2.24, 2.45) is 17.8 Å². The van der Waals surface area contributed by atoms with Crippen molar-refractivity contribution in [3.63, 3.8) is 0 Å². The van der Waals surface area contributed by atoms with Crippen LogP contribution in [0.15, 0.2) is 23.8 Å². The molecule has 1 saturated heterocycles. The highest BCUT2D eigenvalue weighted by atomic mass is 35.5. The van der Waals surface area contributed by atoms with Crippen molar-refractivity contribution in [3.05, 3.63) is 34.4 Å². The lowest BCUT2D eigenvalue weighted by Gasteiger charge is -2.22. The summed E-state index contributed by atoms with van der Waals surface area (Å²) in [5.74, 6) is -0.133. The Morgan fingerprint density at radius 3 is 2.75 bits per heavy atom. The molecule has 0 spiro atoms. The molecule has 0 bridgehead atoms. The van der Waals surface area contributed by atoms with Crippen LogP contribution in [0.25, 0.3) is 6.08 Å². The Labute approximate surface area is 144 Å². The first-order valence-corrected chi connectivity index (χ1v) is 8.55. The zero-order chi connectivity index (χ0) is 16.8. The van der Waals surface area contributed by atoms with E-state index < -0.39 is 11.9 Å². The minimum absolute atomic E-state index is 0.0817. The topological polar surface area (TPSA) is 66.8 Å². The van der Waals surface area contributed by atoms with Crippen LogP contribution in [0, 0.1) is 17.8 Å². The van der Waals surface area contributed by atoms with E-state index in [1.165, 1.54) is 0 Å². The van der Waals surface area contributed by atoms with Gasteiger partial charge in [-0.25, -0.2) is 0 Å². The monoisotopic (exact) mass is 347 g/mol. The summed E-state index contributed by atoms with van der Waals surface area (Å²) in [6.45, 7) is 1.02. The molecular weight excluding hydrogens is 330 g/mol. The van der Waals surface area contributed by atoms with Crippen LogP contribution in [-0.4, -0.2) is 41.6 Å². The van der Waals surface area contributed by atoms with Gasteiger partial charge in [0.1, 0.15) is 12.4 Å². The van der Waals surface area contributed by atoms with Crippen LogP contribution in [0.2, 0.25) is 5.02 Å². The van der Waals surface area contributed by atoms with Crippen LogP contribution in [0.1, 0.15) is 18.4 Å². The molecule has 126 valence electrons. The molecule has 24 heavy (non-hydrogen) atoms. The van der Waals surface area contributed by atoms with Crippen molar-refractivity contribution in [1.29, 1.82) is 0 Å². The summed E-state index contributed by atoms with van der Waals surface area (Å²) in [4.78, 5) is 26.0. The van der Waals surface area contributed by atoms with E-state index in [0.717, 1.165) is 18.4 Å². The number of hydrogen-bond acceptors (Lipinski definition) is 3. The zero-order valence-electron chi connectivity index (χ0n) is 13.1. The standard InChI is InChI=1S/C18H18ClNO4/c19-13-3-4-16-11(6-13)5-12(9-24-16)17(21)20-7-14(10-1-2-10)15(8-20)18(22)23/h3-6,10,14-15H,1-2,7-9H2,(H,22,23)/t14-,15+/m1/s1. The number of likely N-dealkylation sites (tertiary alicyclic amines) is 1. The van der Waals surface area contributed by atoms with Crippen LogP contribution in [-0.2, 0) is 9.59 Å². The lowest BCUT2D eigenvalue weighted by atomic mass is 9.92. The van der Waals surface area contributed by atoms with Gasteiger partial charge >= 0.3 is 5.97 Å². The zero-order valence-corrected chi connectivity index (χ0v) is 13.8. The van der Waals surface area contributed by atoms with E-state index in [1.54, 1.807) is 29.2 Å². The van der Waals surface area contributed by atoms with Crippen molar-refractivity contribution in [2.75, 3.05) is 19.7 Å². The number of carbonyl (C=O) groups excluding carboxylic acids is 1. The molecule has 0 aromatic heterocycles. The second-order valence-corrected chi connectivity index (χ2v) is 7.23. The number of hydrogen-bond donors (Lipinski definition) is 1. The Balaban J connectivity index is 1.55. The maximum atomic E-state index is 12.8. The average Bonchev–Trinajstić information content (AvgIpc) is 3.31. The van der Waals surface area contributed by atoms with Crippen LogP contribution in [0.4, 0.5) is 0 Å². The van der Waals surface area contributed by atoms with Crippen LogP contribution in [0.3, 0.4) is 0 Å². The van der Waals surface area contributed by atoms with E-state index >= 15 is 0 Å². The van der Waals surface area contributed by atoms with Gasteiger partial charge < -0.3 is 14.7 Å². The van der Waals surface area contributed by atoms with Gasteiger partial charge in [0.15, 0.2) is 0 Å². The lowest BCUT2D eigenvalue weighted by Crippen LogP contribution is -2.33. The number of halogens is 1. The van der Waals surface area contributed by atoms with E-state index in [9.17, 15) is 14.7 Å². The van der Waals surface area contributed by atoms with Crippen LogP contribution < -0.4 is 4.74 Å². The number of fused-ring (bicyclic) bond motifs is 1. The van der Waals surface area contributed by atoms with Gasteiger partial charge in [-0.2, -0.15) is 0 Å². The Kier molecular flexibility index (Phi) is 3.76. The minimum atomic E-state index is -0.798. The summed E-state index contributed by atoms with van der Waals surface area (Å²) in [6, 6.07) is 5.30. The normalized spacial score (nSPS) is 25.7. The molecule has 1 amide bonds. The summed E-state index contributed by atoms with van der Waals surface area (Å²) in [6.07, 6.45) is 3.95. The lowest BCUT2D eigenvalue weighted by molar-refractivity contribution is -0.142. The maximum absolute atomic E-state index is 12.8. The van der Waals surface area contributed by atoms with Gasteiger partial charge in [0.2, 0.25) is 0 Å². The van der Waals surface area contributed by atoms with Crippen LogP contribution in [0.5, 0.6) is 5.75 Å². The summed E-state index contributed by atoms with van der Waals surface area (Å²) in [5, 5.41) is 10.0. The van der Waals surface area contributed by atoms with E-state index in [4.69, 9.17) is 16.3 Å². The van der Waals surface area contributed by atoms with Crippen molar-refractivity contribution in [1.82, 2.24) is 4.90 Å². The van der Waals surface area contributed by atoms with Crippen LogP contribution >= 0.6 is 11.6 Å². The first kappa shape index (κ1) is 15.5. The fraction of sp³-hybridized carbons (Fsp3) is 0.444. The SMILES string of the molecule is O=C(O)[C@H]1CN(C(=O)C2=Cc3cc(Cl)ccc3OC2)C[C@@H]1C1CC1. The Morgan fingerprint density at radius 1 is 1.25 bits per heavy atom. The number of benzene rings is 1. The molecule has 3 aliphatic rings. The first-order valence-electron chi connectivity index (χ1n) is 8.18. The quantitative estimate of drug-likeness (QED) is 0.913. The number of nitrogens with zero attached hydrogens (tertiary/aromatic N) is 1. The molecule has 2 fully saturated rings. The third-order valence-electron chi connectivity index (χ3n) is 5.16. The molecule has 1 saturated carbocycles. The first-order chi connectivity index (χ1) is 11.5. The highest BCUT2D eigenvalue weighted by Crippen LogP contribution is 2.44. The van der Waals surface area contributed by atoms with E-state index in [1.807, 2.05) is 0 Å². The number of carbonyl (C=O) groups is 2. The Morgan fingerprint density at radius 2 is 2.04 bits per heavy atom. The third-order valence-corrected chi connectivity index (χ3v) is 5.39. The van der Waals surface area contributed by atoms with Gasteiger partial charge in [0.05, 0.1) is 11.5 Å². The molecule has 2 heterocycles. The number of carboxylic acid groups (broad SMARTS) is 1. The van der Waals surface area contributed by atoms with Gasteiger partial charge in [-0.1, -0.05) is 11.6 Å². The fourth-order valence-corrected chi connectivity index (χ4v) is 3.91. The van der Waals surface area contributed by atoms with Crippen molar-refractivity contribution >= 4 is 29.6 Å². The van der Waals surface area contributed by atoms with E-state index in [0.29, 0.717) is 28.8 Å². The molecule has 1 N–H and O–H groups in total. The summed E-state index contributed by atoms with van der Waals surface area (Å²) >= 11 is 6.00. The maximum Gasteiger partial charge on any atom is 0.308 e. The van der Waals surface area contributed by atoms with Gasteiger partial charge in [0, 0.05) is 23.7 Å². The summed E-state index contributed by atoms with van der Waals surface area (Å²) < 4.78 is 5.64. The Hall–Kier alpha value is -2.01. The largest absolute Gasteiger partial charge is 0.488 e. The number of ether oxygens (including phenoxy) is 1. The molecule has 1 aromatic carbocycles. The molecule has 0 radical (unpaired) electrons. The molecule has 2 atom stereocenters. The third kappa shape index (κ3) is 2.77. The second-order valence-electron chi connectivity index (χ2n) is 6.80. The van der Waals surface area contributed by atoms with Crippen molar-refractivity contribution < 1.29 is 19.4 Å². The predicted octanol–water partition coefficient (Wildman–Crippen LogP) is 2.69. The molecule has 1 aliphatic carbocycles. The number of aliphatic carboxylic acids is 1. The van der Waals surface area contributed by atoms with Gasteiger partial charge in [-0.3, -0.25) is 9.59 Å². The molecule has 5 nitrogen and oxygen atoms in total. The molecule has 2 aliphatic heterocycles. The predicted molar refractivity (Wildman–Crippen MR) is 88.8 cm³/mol. The fourth-order valence-electron chi connectivity index (χ4n) is 3.73. The highest BCUT2D eigenvalue weighted by Gasteiger charge is 2.47. The smallest absolute Gasteiger partial charge is 0.308 e. The van der Waals surface area contributed by atoms with E-state index in [2.05, 4.69) is 0 Å². The molecule has 0 unspecified atom stereocenters. The molecule has 6 heteroatoms.